The Morgan fingerprint density at radius 2 is 0.571 bits per heavy atom. The summed E-state index contributed by atoms with van der Waals surface area (Å²) in [4.78, 5) is 0. The van der Waals surface area contributed by atoms with Gasteiger partial charge in [0.25, 0.3) is 16.0 Å². The Bertz CT molecular complexity index is 3790. The molecule has 0 unspecified atom stereocenters. The van der Waals surface area contributed by atoms with Crippen LogP contribution < -0.4 is 0 Å². The maximum atomic E-state index is 7.64. The minimum Gasteiger partial charge on any atom is -0.415 e. The SMILES string of the molecule is Cc1cc(C)c2op(-c3c(-c4ccccc4)cc4ccccc4c3-c3c(-p4oc5c(C)cc(C)cc5c5cc(C)cc(C)c5o4)c(-c4ccccc4)cc4ccccc34)oc3c(C)cc(C)cc3c2c1. The molecule has 0 aliphatic heterocycles. The van der Waals surface area contributed by atoms with Crippen LogP contribution in [-0.2, 0) is 0 Å². The molecule has 342 valence electrons. The van der Waals surface area contributed by atoms with Crippen molar-refractivity contribution in [2.45, 2.75) is 55.4 Å². The van der Waals surface area contributed by atoms with Gasteiger partial charge in [-0.15, -0.1) is 0 Å². The molecule has 0 fully saturated rings. The van der Waals surface area contributed by atoms with Gasteiger partial charge in [0, 0.05) is 43.8 Å². The molecule has 10 aromatic carbocycles. The number of benzene rings is 10. The van der Waals surface area contributed by atoms with E-state index in [4.69, 9.17) is 16.8 Å². The molecule has 0 spiro atoms. The minimum absolute atomic E-state index is 0.839. The molecule has 0 atom stereocenters. The van der Waals surface area contributed by atoms with Crippen LogP contribution in [0.15, 0.2) is 187 Å². The molecular formula is C64H52O4P2. The highest BCUT2D eigenvalue weighted by Crippen LogP contribution is 2.61. The van der Waals surface area contributed by atoms with Gasteiger partial charge in [-0.25, -0.2) is 0 Å². The molecule has 0 amide bonds. The van der Waals surface area contributed by atoms with Crippen LogP contribution in [0.2, 0.25) is 0 Å². The number of rotatable bonds is 5. The van der Waals surface area contributed by atoms with Crippen molar-refractivity contribution in [2.24, 2.45) is 0 Å². The molecule has 12 rings (SSSR count). The average molecular weight is 947 g/mol. The van der Waals surface area contributed by atoms with Gasteiger partial charge in [-0.3, -0.25) is 0 Å². The van der Waals surface area contributed by atoms with Crippen LogP contribution in [0.1, 0.15) is 44.5 Å². The van der Waals surface area contributed by atoms with Crippen molar-refractivity contribution in [1.29, 1.82) is 0 Å². The Kier molecular flexibility index (Phi) is 10.7. The van der Waals surface area contributed by atoms with Gasteiger partial charge in [0.1, 0.15) is 22.3 Å². The van der Waals surface area contributed by atoms with E-state index in [1.807, 2.05) is 0 Å². The lowest BCUT2D eigenvalue weighted by Gasteiger charge is -2.22. The van der Waals surface area contributed by atoms with Crippen molar-refractivity contribution in [1.82, 2.24) is 0 Å². The van der Waals surface area contributed by atoms with Crippen LogP contribution in [0.25, 0.3) is 109 Å². The average Bonchev–Trinajstić information content (AvgIpc) is 3.62. The van der Waals surface area contributed by atoms with E-state index in [-0.39, 0.29) is 0 Å². The molecule has 12 aromatic rings. The molecule has 70 heavy (non-hydrogen) atoms. The Morgan fingerprint density at radius 1 is 0.286 bits per heavy atom. The van der Waals surface area contributed by atoms with Gasteiger partial charge < -0.3 is 16.8 Å². The van der Waals surface area contributed by atoms with Crippen LogP contribution in [0.3, 0.4) is 0 Å². The van der Waals surface area contributed by atoms with Gasteiger partial charge in [-0.2, -0.15) is 0 Å². The zero-order chi connectivity index (χ0) is 47.9. The lowest BCUT2D eigenvalue weighted by atomic mass is 9.88. The summed E-state index contributed by atoms with van der Waals surface area (Å²) in [5.41, 5.74) is 18.6. The van der Waals surface area contributed by atoms with Crippen LogP contribution in [0.5, 0.6) is 0 Å². The topological polar surface area (TPSA) is 52.6 Å². The van der Waals surface area contributed by atoms with Crippen molar-refractivity contribution in [2.75, 3.05) is 0 Å². The third-order valence-corrected chi connectivity index (χ3v) is 16.8. The molecule has 2 aromatic heterocycles. The molecule has 0 saturated carbocycles. The number of hydrogen-bond donors (Lipinski definition) is 0. The molecule has 0 aliphatic rings. The summed E-state index contributed by atoms with van der Waals surface area (Å²) in [5, 5.41) is 10.5. The van der Waals surface area contributed by atoms with Crippen molar-refractivity contribution in [3.63, 3.8) is 0 Å². The fraction of sp³-hybridized carbons (Fsp3) is 0.125. The maximum Gasteiger partial charge on any atom is 0.254 e. The lowest BCUT2D eigenvalue weighted by Crippen LogP contribution is -1.94. The van der Waals surface area contributed by atoms with Gasteiger partial charge in [-0.1, -0.05) is 133 Å². The molecule has 4 nitrogen and oxygen atoms in total. The summed E-state index contributed by atoms with van der Waals surface area (Å²) < 4.78 is 30.6. The van der Waals surface area contributed by atoms with Crippen molar-refractivity contribution in [3.05, 3.63) is 214 Å². The summed E-state index contributed by atoms with van der Waals surface area (Å²) in [6.07, 6.45) is 0. The second kappa shape index (κ2) is 17.2. The number of fused-ring (bicyclic) bond motifs is 8. The molecule has 0 N–H and O–H groups in total. The fourth-order valence-corrected chi connectivity index (χ4v) is 14.6. The summed E-state index contributed by atoms with van der Waals surface area (Å²) in [7, 11) is -3.82. The molecule has 2 heterocycles. The van der Waals surface area contributed by atoms with E-state index in [0.29, 0.717) is 0 Å². The lowest BCUT2D eigenvalue weighted by molar-refractivity contribution is 0.646. The number of hydrogen-bond acceptors (Lipinski definition) is 4. The Hall–Kier alpha value is -7.48. The normalized spacial score (nSPS) is 11.7. The number of aryl methyl sites for hydroxylation is 8. The van der Waals surface area contributed by atoms with E-state index >= 15 is 0 Å². The summed E-state index contributed by atoms with van der Waals surface area (Å²) in [6, 6.07) is 61.6. The van der Waals surface area contributed by atoms with Crippen LogP contribution in [0, 0.1) is 55.4 Å². The molecule has 0 radical (unpaired) electrons. The monoisotopic (exact) mass is 946 g/mol. The summed E-state index contributed by atoms with van der Waals surface area (Å²) >= 11 is 0. The molecule has 6 heteroatoms. The smallest absolute Gasteiger partial charge is 0.254 e. The summed E-state index contributed by atoms with van der Waals surface area (Å²) in [6.45, 7) is 17.3. The van der Waals surface area contributed by atoms with Crippen molar-refractivity contribution in [3.8, 4) is 44.0 Å². The Morgan fingerprint density at radius 3 is 0.886 bits per heavy atom. The first-order valence-corrected chi connectivity index (χ1v) is 26.3. The zero-order valence-electron chi connectivity index (χ0n) is 40.7. The molecule has 0 bridgehead atoms. The standard InChI is InChI=1S/C64H52O4P2/c1-37-27-41(5)59-53(31-37)54-32-38(2)28-42(6)60(54)66-69(65-59)63-51(45-19-11-9-12-20-45)35-47-23-15-17-25-49(47)57(63)58-50-26-18-16-24-48(50)36-52(46-21-13-10-14-22-46)64(58)70-67-61-43(7)29-39(3)33-55(61)56-34-40(4)30-44(8)62(56)68-70/h9-36H,1-8H3. The molecular weight excluding hydrogens is 895 g/mol. The predicted molar refractivity (Wildman–Crippen MR) is 298 cm³/mol. The highest BCUT2D eigenvalue weighted by Gasteiger charge is 2.30. The van der Waals surface area contributed by atoms with E-state index < -0.39 is 16.0 Å². The molecule has 0 aliphatic carbocycles. The van der Waals surface area contributed by atoms with Crippen LogP contribution in [0.4, 0.5) is 0 Å². The Labute approximate surface area is 409 Å². The predicted octanol–water partition coefficient (Wildman–Crippen LogP) is 20.6. The van der Waals surface area contributed by atoms with Gasteiger partial charge in [-0.05, 0) is 169 Å². The van der Waals surface area contributed by atoms with Crippen LogP contribution >= 0.6 is 16.0 Å². The quantitative estimate of drug-likeness (QED) is 0.172. The molecule has 0 saturated heterocycles. The van der Waals surface area contributed by atoms with E-state index in [1.165, 1.54) is 22.3 Å². The first kappa shape index (κ1) is 43.8. The second-order valence-corrected chi connectivity index (χ2v) is 21.8. The summed E-state index contributed by atoms with van der Waals surface area (Å²) in [5.74, 6) is 0. The second-order valence-electron chi connectivity index (χ2n) is 19.2. The van der Waals surface area contributed by atoms with Crippen molar-refractivity contribution < 1.29 is 16.8 Å². The van der Waals surface area contributed by atoms with E-state index in [1.54, 1.807) is 0 Å². The zero-order valence-corrected chi connectivity index (χ0v) is 42.5. The largest absolute Gasteiger partial charge is 0.415 e. The highest BCUT2D eigenvalue weighted by molar-refractivity contribution is 7.47. The first-order valence-electron chi connectivity index (χ1n) is 24.0. The first-order chi connectivity index (χ1) is 34.0. The Balaban J connectivity index is 1.38. The maximum absolute atomic E-state index is 7.64. The highest BCUT2D eigenvalue weighted by atomic mass is 31.1. The van der Waals surface area contributed by atoms with Gasteiger partial charge >= 0.3 is 0 Å². The van der Waals surface area contributed by atoms with Crippen molar-refractivity contribution >= 4 is 81.4 Å². The van der Waals surface area contributed by atoms with Gasteiger partial charge in [0.2, 0.25) is 0 Å². The minimum atomic E-state index is -1.91. The third-order valence-electron chi connectivity index (χ3n) is 13.8. The van der Waals surface area contributed by atoms with Crippen LogP contribution in [-0.4, -0.2) is 0 Å². The van der Waals surface area contributed by atoms with E-state index in [9.17, 15) is 0 Å². The third kappa shape index (κ3) is 7.37. The van der Waals surface area contributed by atoms with Gasteiger partial charge in [0.15, 0.2) is 0 Å². The van der Waals surface area contributed by atoms with Gasteiger partial charge in [0.05, 0.1) is 10.6 Å². The van der Waals surface area contributed by atoms with E-state index in [0.717, 1.165) is 132 Å². The fourth-order valence-electron chi connectivity index (χ4n) is 10.9. The van der Waals surface area contributed by atoms with E-state index in [2.05, 4.69) is 225 Å².